The molecule has 0 N–H and O–H groups in total. The van der Waals surface area contributed by atoms with Crippen LogP contribution in [0.15, 0.2) is 0 Å². The summed E-state index contributed by atoms with van der Waals surface area (Å²) in [5.41, 5.74) is 0. The third-order valence-corrected chi connectivity index (χ3v) is 1.86. The molecule has 1 fully saturated rings. The van der Waals surface area contributed by atoms with Crippen LogP contribution in [0.1, 0.15) is 0 Å². The van der Waals surface area contributed by atoms with Gasteiger partial charge in [0.25, 0.3) is 0 Å². The highest BCUT2D eigenvalue weighted by Crippen LogP contribution is 2.07. The van der Waals surface area contributed by atoms with Crippen molar-refractivity contribution in [3.63, 3.8) is 0 Å². The van der Waals surface area contributed by atoms with Gasteiger partial charge in [-0.15, -0.1) is 0 Å². The minimum absolute atomic E-state index is 0.258. The largest absolute Gasteiger partial charge is 0.382 e. The average molecular weight is 157 g/mol. The Labute approximate surface area is 69.1 Å². The van der Waals surface area contributed by atoms with Crippen molar-refractivity contribution in [1.29, 1.82) is 0 Å². The van der Waals surface area contributed by atoms with E-state index in [1.165, 1.54) is 0 Å². The molecule has 1 saturated heterocycles. The Balaban J connectivity index is 2.30. The first-order chi connectivity index (χ1) is 5.22. The number of nitrogens with zero attached hydrogens (tertiary/aromatic N) is 1. The van der Waals surface area contributed by atoms with E-state index in [1.807, 2.05) is 0 Å². The van der Waals surface area contributed by atoms with Gasteiger partial charge in [-0.1, -0.05) is 0 Å². The van der Waals surface area contributed by atoms with E-state index in [2.05, 4.69) is 19.8 Å². The first kappa shape index (κ1) is 9.04. The predicted octanol–water partition coefficient (Wildman–Crippen LogP) is -1.08. The lowest BCUT2D eigenvalue weighted by atomic mass is 9.98. The summed E-state index contributed by atoms with van der Waals surface area (Å²) in [6.07, 6.45) is 0.258. The zero-order valence-corrected chi connectivity index (χ0v) is 7.54. The van der Waals surface area contributed by atoms with Gasteiger partial charge in [0.05, 0.1) is 12.7 Å². The fourth-order valence-corrected chi connectivity index (χ4v) is 1.55. The molecule has 0 aliphatic carbocycles. The Bertz CT molecular complexity index is 113. The molecule has 1 aliphatic heterocycles. The van der Waals surface area contributed by atoms with Gasteiger partial charge in [0, 0.05) is 26.2 Å². The molecular weight excluding hydrogens is 141 g/mol. The van der Waals surface area contributed by atoms with Crippen LogP contribution in [-0.4, -0.2) is 58.7 Å². The van der Waals surface area contributed by atoms with Crippen LogP contribution in [0, 0.1) is 0 Å². The number of ether oxygens (including phenoxy) is 2. The van der Waals surface area contributed by atoms with Gasteiger partial charge in [-0.2, -0.15) is 0 Å². The highest BCUT2D eigenvalue weighted by atomic mass is 16.5. The summed E-state index contributed by atoms with van der Waals surface area (Å²) in [6, 6.07) is 0.342. The second-order valence-corrected chi connectivity index (χ2v) is 3.25. The van der Waals surface area contributed by atoms with Crippen LogP contribution in [0.3, 0.4) is 0 Å². The third-order valence-electron chi connectivity index (χ3n) is 1.86. The smallest absolute Gasteiger partial charge is 0.140 e. The number of likely N-dealkylation sites (N-methyl/N-ethyl adjacent to an activating group) is 1. The van der Waals surface area contributed by atoms with E-state index in [0.29, 0.717) is 12.6 Å². The lowest BCUT2D eigenvalue weighted by Gasteiger charge is -2.34. The second-order valence-electron chi connectivity index (χ2n) is 3.25. The fourth-order valence-electron chi connectivity index (χ4n) is 1.55. The van der Waals surface area contributed by atoms with E-state index in [-0.39, 0.29) is 6.10 Å². The van der Waals surface area contributed by atoms with Gasteiger partial charge in [-0.05, 0) is 7.05 Å². The van der Waals surface area contributed by atoms with Crippen molar-refractivity contribution in [3.05, 3.63) is 0 Å². The lowest BCUT2D eigenvalue weighted by molar-refractivity contribution is -0.0717. The molecule has 0 aromatic rings. The maximum Gasteiger partial charge on any atom is 0.140 e. The van der Waals surface area contributed by atoms with Gasteiger partial charge in [0.1, 0.15) is 7.85 Å². The van der Waals surface area contributed by atoms with Crippen LogP contribution in [0.4, 0.5) is 0 Å². The molecule has 1 heterocycles. The van der Waals surface area contributed by atoms with Crippen molar-refractivity contribution in [2.75, 3.05) is 33.9 Å². The Hall–Kier alpha value is -0.0551. The molecule has 2 unspecified atom stereocenters. The van der Waals surface area contributed by atoms with Gasteiger partial charge in [-0.3, -0.25) is 0 Å². The van der Waals surface area contributed by atoms with E-state index in [4.69, 9.17) is 9.47 Å². The van der Waals surface area contributed by atoms with Crippen molar-refractivity contribution < 1.29 is 9.47 Å². The molecule has 0 spiro atoms. The first-order valence-corrected chi connectivity index (χ1v) is 4.05. The molecule has 64 valence electrons. The summed E-state index contributed by atoms with van der Waals surface area (Å²) >= 11 is 0. The molecule has 0 saturated carbocycles. The molecule has 0 amide bonds. The number of rotatable bonds is 2. The summed E-state index contributed by atoms with van der Waals surface area (Å²) in [5, 5.41) is 0. The summed E-state index contributed by atoms with van der Waals surface area (Å²) in [4.78, 5) is 2.28. The molecule has 1 aliphatic rings. The summed E-state index contributed by atoms with van der Waals surface area (Å²) < 4.78 is 10.7. The zero-order valence-electron chi connectivity index (χ0n) is 7.54. The number of hydrogen-bond donors (Lipinski definition) is 0. The maximum atomic E-state index is 5.63. The van der Waals surface area contributed by atoms with Gasteiger partial charge in [-0.25, -0.2) is 0 Å². The highest BCUT2D eigenvalue weighted by Gasteiger charge is 2.21. The van der Waals surface area contributed by atoms with Gasteiger partial charge >= 0.3 is 0 Å². The summed E-state index contributed by atoms with van der Waals surface area (Å²) in [6.45, 7) is 2.72. The minimum Gasteiger partial charge on any atom is -0.382 e. The Morgan fingerprint density at radius 3 is 2.91 bits per heavy atom. The van der Waals surface area contributed by atoms with Gasteiger partial charge in [0.2, 0.25) is 0 Å². The topological polar surface area (TPSA) is 21.7 Å². The van der Waals surface area contributed by atoms with Crippen LogP contribution < -0.4 is 0 Å². The highest BCUT2D eigenvalue weighted by molar-refractivity contribution is 6.11. The molecule has 0 aromatic carbocycles. The van der Waals surface area contributed by atoms with Crippen LogP contribution in [0.5, 0.6) is 0 Å². The first-order valence-electron chi connectivity index (χ1n) is 4.05. The predicted molar refractivity (Wildman–Crippen MR) is 46.6 cm³/mol. The molecule has 1 rings (SSSR count). The van der Waals surface area contributed by atoms with E-state index >= 15 is 0 Å². The van der Waals surface area contributed by atoms with Crippen LogP contribution in [-0.2, 0) is 9.47 Å². The van der Waals surface area contributed by atoms with Crippen LogP contribution in [0.25, 0.3) is 0 Å². The van der Waals surface area contributed by atoms with Crippen molar-refractivity contribution in [2.45, 2.75) is 12.1 Å². The Morgan fingerprint density at radius 1 is 1.64 bits per heavy atom. The normalized spacial score (nSPS) is 34.0. The summed E-state index contributed by atoms with van der Waals surface area (Å²) in [7, 11) is 5.92. The number of methoxy groups -OCH3 is 1. The maximum absolute atomic E-state index is 5.63. The number of hydrogen-bond acceptors (Lipinski definition) is 3. The van der Waals surface area contributed by atoms with Crippen molar-refractivity contribution in [2.24, 2.45) is 0 Å². The van der Waals surface area contributed by atoms with Crippen molar-refractivity contribution in [3.8, 4) is 0 Å². The quantitative estimate of drug-likeness (QED) is 0.476. The van der Waals surface area contributed by atoms with Gasteiger partial charge < -0.3 is 14.4 Å². The Kier molecular flexibility index (Phi) is 3.36. The fraction of sp³-hybridized carbons (Fsp3) is 1.00. The van der Waals surface area contributed by atoms with E-state index in [1.54, 1.807) is 7.11 Å². The zero-order chi connectivity index (χ0) is 8.27. The molecule has 3 nitrogen and oxygen atoms in total. The minimum atomic E-state index is 0.258. The van der Waals surface area contributed by atoms with Crippen molar-refractivity contribution >= 4 is 7.85 Å². The molecule has 0 aromatic heterocycles. The molecule has 2 atom stereocenters. The average Bonchev–Trinajstić information content (AvgIpc) is 1.85. The van der Waals surface area contributed by atoms with E-state index < -0.39 is 0 Å². The van der Waals surface area contributed by atoms with Crippen molar-refractivity contribution in [1.82, 2.24) is 4.90 Å². The van der Waals surface area contributed by atoms with E-state index in [0.717, 1.165) is 13.1 Å². The summed E-state index contributed by atoms with van der Waals surface area (Å²) in [5.74, 6) is 0. The third kappa shape index (κ3) is 2.81. The van der Waals surface area contributed by atoms with Crippen LogP contribution >= 0.6 is 0 Å². The second kappa shape index (κ2) is 4.09. The molecule has 4 heteroatoms. The molecular formula is C7H16BNO2. The monoisotopic (exact) mass is 157 g/mol. The molecule has 0 bridgehead atoms. The van der Waals surface area contributed by atoms with E-state index in [9.17, 15) is 0 Å². The van der Waals surface area contributed by atoms with Crippen LogP contribution in [0.2, 0.25) is 0 Å². The molecule has 11 heavy (non-hydrogen) atoms. The Morgan fingerprint density at radius 2 is 2.36 bits per heavy atom. The standard InChI is InChI=1S/C7H16BNO2/c1-9-3-6(5-10-2)11-7(8)4-9/h6-7H,3-5,8H2,1-2H3. The number of morpholine rings is 1. The lowest BCUT2D eigenvalue weighted by Crippen LogP contribution is -2.47. The van der Waals surface area contributed by atoms with Gasteiger partial charge in [0.15, 0.2) is 0 Å². The SMILES string of the molecule is BC1CN(C)CC(COC)O1. The molecule has 0 radical (unpaired) electrons.